The van der Waals surface area contributed by atoms with Gasteiger partial charge in [0.25, 0.3) is 11.8 Å². The molecule has 1 fully saturated rings. The molecule has 1 aliphatic heterocycles. The van der Waals surface area contributed by atoms with Crippen molar-refractivity contribution in [3.05, 3.63) is 58.9 Å². The topological polar surface area (TPSA) is 82.0 Å². The summed E-state index contributed by atoms with van der Waals surface area (Å²) in [6, 6.07) is 0.0466. The highest BCUT2D eigenvalue weighted by molar-refractivity contribution is 6.07. The van der Waals surface area contributed by atoms with Gasteiger partial charge in [0.05, 0.1) is 12.3 Å². The molecule has 1 saturated carbocycles. The first kappa shape index (κ1) is 27.4. The zero-order valence-electron chi connectivity index (χ0n) is 21.3. The number of aliphatic imine (C=N–C) groups is 1. The van der Waals surface area contributed by atoms with E-state index >= 15 is 0 Å². The molecule has 2 amide bonds. The highest BCUT2D eigenvalue weighted by atomic mass is 16.2. The normalized spacial score (nSPS) is 18.8. The van der Waals surface area contributed by atoms with Crippen LogP contribution < -0.4 is 5.32 Å². The Labute approximate surface area is 204 Å². The predicted molar refractivity (Wildman–Crippen MR) is 140 cm³/mol. The van der Waals surface area contributed by atoms with E-state index in [0.717, 1.165) is 50.4 Å². The van der Waals surface area contributed by atoms with Gasteiger partial charge in [-0.05, 0) is 68.7 Å². The fourth-order valence-electron chi connectivity index (χ4n) is 3.82. The molecule has 34 heavy (non-hydrogen) atoms. The van der Waals surface area contributed by atoms with Crippen LogP contribution in [0.5, 0.6) is 0 Å². The molecule has 1 unspecified atom stereocenters. The van der Waals surface area contributed by atoms with Crippen molar-refractivity contribution in [2.24, 2.45) is 4.99 Å². The van der Waals surface area contributed by atoms with Gasteiger partial charge in [0.15, 0.2) is 0 Å². The molecule has 2 rings (SSSR count). The van der Waals surface area contributed by atoms with E-state index in [2.05, 4.69) is 30.7 Å². The zero-order chi connectivity index (χ0) is 25.1. The molecule has 1 atom stereocenters. The summed E-state index contributed by atoms with van der Waals surface area (Å²) in [7, 11) is 0. The van der Waals surface area contributed by atoms with E-state index in [1.165, 1.54) is 6.42 Å². The maximum atomic E-state index is 13.5. The first-order chi connectivity index (χ1) is 16.3. The van der Waals surface area contributed by atoms with E-state index in [1.54, 1.807) is 11.8 Å². The van der Waals surface area contributed by atoms with E-state index in [0.29, 0.717) is 41.4 Å². The van der Waals surface area contributed by atoms with Crippen molar-refractivity contribution < 1.29 is 14.7 Å². The maximum absolute atomic E-state index is 13.5. The van der Waals surface area contributed by atoms with E-state index in [4.69, 9.17) is 0 Å². The van der Waals surface area contributed by atoms with Gasteiger partial charge in [-0.3, -0.25) is 14.6 Å². The van der Waals surface area contributed by atoms with Crippen LogP contribution in [-0.4, -0.2) is 53.2 Å². The molecule has 0 saturated heterocycles. The molecule has 0 spiro atoms. The Balaban J connectivity index is 2.32. The van der Waals surface area contributed by atoms with Gasteiger partial charge in [-0.1, -0.05) is 45.4 Å². The number of hydrogen-bond donors (Lipinski definition) is 2. The number of hydrogen-bond acceptors (Lipinski definition) is 4. The van der Waals surface area contributed by atoms with Crippen LogP contribution in [0, 0.1) is 0 Å². The van der Waals surface area contributed by atoms with Crippen molar-refractivity contribution in [2.75, 3.05) is 13.1 Å². The van der Waals surface area contributed by atoms with Crippen LogP contribution in [0.25, 0.3) is 0 Å². The lowest BCUT2D eigenvalue weighted by Crippen LogP contribution is -2.38. The smallest absolute Gasteiger partial charge is 0.255 e. The lowest BCUT2D eigenvalue weighted by molar-refractivity contribution is -0.126. The van der Waals surface area contributed by atoms with E-state index in [9.17, 15) is 14.7 Å². The summed E-state index contributed by atoms with van der Waals surface area (Å²) in [5.74, 6) is -0.348. The first-order valence-corrected chi connectivity index (χ1v) is 12.6. The molecule has 0 aromatic rings. The van der Waals surface area contributed by atoms with Gasteiger partial charge in [0, 0.05) is 36.5 Å². The average Bonchev–Trinajstić information content (AvgIpc) is 3.12. The van der Waals surface area contributed by atoms with Gasteiger partial charge in [-0.2, -0.15) is 0 Å². The number of unbranched alkanes of at least 4 members (excludes halogenated alkanes) is 2. The minimum absolute atomic E-state index is 0.120. The average molecular weight is 468 g/mol. The molecule has 2 N–H and O–H groups in total. The Morgan fingerprint density at radius 2 is 2.06 bits per heavy atom. The number of aliphatic hydroxyl groups excluding tert-OH is 1. The summed E-state index contributed by atoms with van der Waals surface area (Å²) in [5, 5.41) is 12.4. The highest BCUT2D eigenvalue weighted by Crippen LogP contribution is 2.30. The Hall–Kier alpha value is -2.89. The molecule has 6 heteroatoms. The Bertz CT molecular complexity index is 904. The van der Waals surface area contributed by atoms with Gasteiger partial charge in [0.2, 0.25) is 0 Å². The Morgan fingerprint density at radius 3 is 2.65 bits per heavy atom. The van der Waals surface area contributed by atoms with Crippen molar-refractivity contribution in [3.63, 3.8) is 0 Å². The van der Waals surface area contributed by atoms with Gasteiger partial charge < -0.3 is 15.3 Å². The number of nitrogens with zero attached hydrogens (tertiary/aromatic N) is 2. The van der Waals surface area contributed by atoms with Gasteiger partial charge in [-0.15, -0.1) is 0 Å². The summed E-state index contributed by atoms with van der Waals surface area (Å²) >= 11 is 0. The van der Waals surface area contributed by atoms with Crippen LogP contribution >= 0.6 is 0 Å². The molecule has 6 nitrogen and oxygen atoms in total. The monoisotopic (exact) mass is 467 g/mol. The summed E-state index contributed by atoms with van der Waals surface area (Å²) in [6.07, 6.45) is 15.7. The zero-order valence-corrected chi connectivity index (χ0v) is 21.3. The lowest BCUT2D eigenvalue weighted by atomic mass is 9.94. The third-order valence-electron chi connectivity index (χ3n) is 6.40. The third-order valence-corrected chi connectivity index (χ3v) is 6.40. The van der Waals surface area contributed by atoms with Crippen LogP contribution in [0.2, 0.25) is 0 Å². The van der Waals surface area contributed by atoms with Crippen molar-refractivity contribution in [1.29, 1.82) is 0 Å². The minimum atomic E-state index is -0.283. The SMILES string of the molecule is C=C(C(=O)NCCCC)C1=C(/C=C\CCC)C(=O)N(C(C)C(/C=N\C2CCC2)=C/C(C)=C/O)C1. The summed E-state index contributed by atoms with van der Waals surface area (Å²) < 4.78 is 0. The fourth-order valence-corrected chi connectivity index (χ4v) is 3.82. The predicted octanol–water partition coefficient (Wildman–Crippen LogP) is 5.35. The van der Waals surface area contributed by atoms with E-state index in [1.807, 2.05) is 31.4 Å². The number of carbonyl (C=O) groups is 2. The summed E-state index contributed by atoms with van der Waals surface area (Å²) in [5.41, 5.74) is 3.07. The molecule has 2 aliphatic rings. The fraction of sp³-hybridized carbons (Fsp3) is 0.536. The Kier molecular flexibility index (Phi) is 11.0. The second-order valence-corrected chi connectivity index (χ2v) is 9.16. The van der Waals surface area contributed by atoms with Crippen LogP contribution in [0.4, 0.5) is 0 Å². The van der Waals surface area contributed by atoms with Crippen LogP contribution in [0.1, 0.15) is 72.6 Å². The van der Waals surface area contributed by atoms with Crippen molar-refractivity contribution in [3.8, 4) is 0 Å². The lowest BCUT2D eigenvalue weighted by Gasteiger charge is -2.27. The van der Waals surface area contributed by atoms with E-state index < -0.39 is 0 Å². The number of carbonyl (C=O) groups excluding carboxylic acids is 2. The number of allylic oxidation sites excluding steroid dienone is 3. The first-order valence-electron chi connectivity index (χ1n) is 12.6. The summed E-state index contributed by atoms with van der Waals surface area (Å²) in [6.45, 7) is 12.9. The van der Waals surface area contributed by atoms with Gasteiger partial charge in [0.1, 0.15) is 0 Å². The molecule has 0 aromatic heterocycles. The highest BCUT2D eigenvalue weighted by Gasteiger charge is 2.35. The van der Waals surface area contributed by atoms with Crippen molar-refractivity contribution >= 4 is 18.0 Å². The van der Waals surface area contributed by atoms with Gasteiger partial charge >= 0.3 is 0 Å². The molecular formula is C28H41N3O3. The molecule has 1 aliphatic carbocycles. The number of aliphatic hydroxyl groups is 1. The molecule has 0 aromatic carbocycles. The largest absolute Gasteiger partial charge is 0.515 e. The molecule has 0 bridgehead atoms. The second kappa shape index (κ2) is 13.7. The van der Waals surface area contributed by atoms with Gasteiger partial charge in [-0.25, -0.2) is 0 Å². The molecular weight excluding hydrogens is 426 g/mol. The molecule has 186 valence electrons. The second-order valence-electron chi connectivity index (χ2n) is 9.16. The van der Waals surface area contributed by atoms with Crippen LogP contribution in [-0.2, 0) is 9.59 Å². The quantitative estimate of drug-likeness (QED) is 0.126. The van der Waals surface area contributed by atoms with Crippen LogP contribution in [0.3, 0.4) is 0 Å². The molecule has 1 heterocycles. The third kappa shape index (κ3) is 7.31. The van der Waals surface area contributed by atoms with Crippen LogP contribution in [0.15, 0.2) is 63.9 Å². The molecule has 0 radical (unpaired) electrons. The van der Waals surface area contributed by atoms with Crippen molar-refractivity contribution in [2.45, 2.75) is 84.7 Å². The minimum Gasteiger partial charge on any atom is -0.515 e. The number of rotatable bonds is 13. The van der Waals surface area contributed by atoms with Crippen molar-refractivity contribution in [1.82, 2.24) is 10.2 Å². The standard InChI is InChI=1S/C28H41N3O3/c1-6-8-10-14-25-26(21(4)27(33)29-15-9-7-2)18-31(28(25)34)22(5)23(16-20(3)19-32)17-30-24-12-11-13-24/h10,14,16-17,19,22,24,32H,4,6-9,11-13,15,18H2,1-3,5H3,(H,29,33)/b14-10-,20-19+,23-16+,30-17-. The summed E-state index contributed by atoms with van der Waals surface area (Å²) in [4.78, 5) is 32.7. The van der Waals surface area contributed by atoms with E-state index in [-0.39, 0.29) is 17.9 Å². The number of amides is 2. The Morgan fingerprint density at radius 1 is 1.32 bits per heavy atom. The maximum Gasteiger partial charge on any atom is 0.255 e. The number of nitrogens with one attached hydrogen (secondary N) is 1.